The summed E-state index contributed by atoms with van der Waals surface area (Å²) < 4.78 is 15.2. The van der Waals surface area contributed by atoms with Crippen molar-refractivity contribution >= 4 is 23.6 Å². The molecule has 2 amide bonds. The molecule has 2 aliphatic rings. The smallest absolute Gasteiger partial charge is 0.273 e. The molecule has 1 aromatic heterocycles. The highest BCUT2D eigenvalue weighted by Crippen LogP contribution is 2.31. The topological polar surface area (TPSA) is 67.2 Å². The van der Waals surface area contributed by atoms with Crippen LogP contribution in [0, 0.1) is 5.82 Å². The number of carbonyl (C=O) groups is 2. The zero-order chi connectivity index (χ0) is 24.1. The lowest BCUT2D eigenvalue weighted by Crippen LogP contribution is -2.64. The number of aromatic nitrogens is 2. The van der Waals surface area contributed by atoms with Gasteiger partial charge in [0.1, 0.15) is 17.1 Å². The van der Waals surface area contributed by atoms with Crippen LogP contribution in [0.1, 0.15) is 74.1 Å². The van der Waals surface area contributed by atoms with Crippen molar-refractivity contribution in [1.29, 1.82) is 0 Å². The molecule has 1 aromatic carbocycles. The minimum atomic E-state index is -1.11. The Morgan fingerprint density at radius 1 is 1.24 bits per heavy atom. The lowest BCUT2D eigenvalue weighted by molar-refractivity contribution is -0.134. The summed E-state index contributed by atoms with van der Waals surface area (Å²) in [6.07, 6.45) is 8.51. The maximum absolute atomic E-state index is 13.7. The van der Waals surface area contributed by atoms with Crippen molar-refractivity contribution in [3.63, 3.8) is 0 Å². The Morgan fingerprint density at radius 3 is 2.62 bits per heavy atom. The van der Waals surface area contributed by atoms with Crippen molar-refractivity contribution in [2.75, 3.05) is 0 Å². The summed E-state index contributed by atoms with van der Waals surface area (Å²) in [5.74, 6) is -0.0609. The molecule has 182 valence electrons. The second-order valence-corrected chi connectivity index (χ2v) is 10.3. The van der Waals surface area contributed by atoms with Crippen LogP contribution in [0.5, 0.6) is 0 Å². The van der Waals surface area contributed by atoms with Gasteiger partial charge in [0, 0.05) is 18.3 Å². The second kappa shape index (κ2) is 10.8. The fourth-order valence-electron chi connectivity index (χ4n) is 4.78. The number of benzene rings is 1. The summed E-state index contributed by atoms with van der Waals surface area (Å²) in [4.78, 5) is 29.0. The molecule has 0 bridgehead atoms. The van der Waals surface area contributed by atoms with Crippen molar-refractivity contribution in [1.82, 2.24) is 20.0 Å². The molecule has 2 heterocycles. The Kier molecular flexibility index (Phi) is 7.76. The van der Waals surface area contributed by atoms with Crippen molar-refractivity contribution in [2.45, 2.75) is 82.8 Å². The molecule has 4 rings (SSSR count). The molecule has 8 heteroatoms. The highest BCUT2D eigenvalue weighted by molar-refractivity contribution is 8.01. The maximum atomic E-state index is 13.7. The molecule has 1 N–H and O–H groups in total. The van der Waals surface area contributed by atoms with Crippen LogP contribution >= 0.6 is 11.8 Å². The number of halogens is 1. The predicted octanol–water partition coefficient (Wildman–Crippen LogP) is 5.04. The van der Waals surface area contributed by atoms with Gasteiger partial charge in [-0.3, -0.25) is 14.3 Å². The van der Waals surface area contributed by atoms with Gasteiger partial charge < -0.3 is 10.2 Å². The number of hydrogen-bond acceptors (Lipinski definition) is 4. The third kappa shape index (κ3) is 5.37. The first kappa shape index (κ1) is 24.5. The fraction of sp³-hybridized carbons (Fsp3) is 0.500. The number of nitrogens with one attached hydrogen (secondary N) is 1. The molecule has 1 fully saturated rings. The summed E-state index contributed by atoms with van der Waals surface area (Å²) in [7, 11) is 0. The average molecular weight is 485 g/mol. The van der Waals surface area contributed by atoms with Gasteiger partial charge >= 0.3 is 0 Å². The van der Waals surface area contributed by atoms with E-state index in [1.54, 1.807) is 33.5 Å². The van der Waals surface area contributed by atoms with E-state index in [1.165, 1.54) is 25.0 Å². The normalized spacial score (nSPS) is 21.5. The van der Waals surface area contributed by atoms with E-state index in [-0.39, 0.29) is 36.8 Å². The van der Waals surface area contributed by atoms with Crippen LogP contribution in [0.25, 0.3) is 0 Å². The monoisotopic (exact) mass is 484 g/mol. The van der Waals surface area contributed by atoms with Gasteiger partial charge in [0.05, 0.1) is 12.2 Å². The summed E-state index contributed by atoms with van der Waals surface area (Å²) in [6, 6.07) is 8.04. The first-order valence-corrected chi connectivity index (χ1v) is 13.1. The van der Waals surface area contributed by atoms with Gasteiger partial charge in [-0.2, -0.15) is 5.10 Å². The first-order valence-electron chi connectivity index (χ1n) is 12.1. The molecule has 34 heavy (non-hydrogen) atoms. The van der Waals surface area contributed by atoms with Gasteiger partial charge in [0.2, 0.25) is 5.91 Å². The maximum Gasteiger partial charge on any atom is 0.273 e. The number of amides is 2. The van der Waals surface area contributed by atoms with Gasteiger partial charge in [-0.05, 0) is 55.9 Å². The number of fused-ring (bicyclic) bond motifs is 1. The summed E-state index contributed by atoms with van der Waals surface area (Å²) >= 11 is 1.61. The molecule has 0 radical (unpaired) electrons. The standard InChI is InChI=1S/C26H33FN4O2S/c1-3-14-34-17-22-15-23-24(32)30(16-19-10-12-20(27)13-11-19)26(2,18-31(23)29-22)25(33)28-21-8-6-4-5-7-9-21/h3,10-15,21H,4-9,16-18H2,1-2H3,(H,28,33)/b14-3-. The van der Waals surface area contributed by atoms with Gasteiger partial charge in [0.25, 0.3) is 5.91 Å². The molecule has 0 saturated heterocycles. The fourth-order valence-corrected chi connectivity index (χ4v) is 5.38. The molecule has 6 nitrogen and oxygen atoms in total. The highest BCUT2D eigenvalue weighted by atomic mass is 32.2. The second-order valence-electron chi connectivity index (χ2n) is 9.41. The number of thioether (sulfide) groups is 1. The quantitative estimate of drug-likeness (QED) is 0.559. The lowest BCUT2D eigenvalue weighted by atomic mass is 9.93. The predicted molar refractivity (Wildman–Crippen MR) is 133 cm³/mol. The molecular weight excluding hydrogens is 451 g/mol. The Labute approximate surface area is 205 Å². The van der Waals surface area contributed by atoms with Crippen molar-refractivity contribution in [2.24, 2.45) is 0 Å². The van der Waals surface area contributed by atoms with E-state index in [9.17, 15) is 14.0 Å². The minimum absolute atomic E-state index is 0.126. The highest BCUT2D eigenvalue weighted by Gasteiger charge is 2.48. The van der Waals surface area contributed by atoms with Crippen molar-refractivity contribution in [3.05, 3.63) is 64.6 Å². The summed E-state index contributed by atoms with van der Waals surface area (Å²) in [5, 5.41) is 9.89. The molecular formula is C26H33FN4O2S. The van der Waals surface area contributed by atoms with Crippen LogP contribution < -0.4 is 5.32 Å². The van der Waals surface area contributed by atoms with Crippen LogP contribution in [0.15, 0.2) is 41.8 Å². The molecule has 1 unspecified atom stereocenters. The van der Waals surface area contributed by atoms with Crippen LogP contribution in [0.3, 0.4) is 0 Å². The SMILES string of the molecule is C/C=C\SCc1cc2n(n1)CC(C)(C(=O)NC1CCCCCC1)N(Cc1ccc(F)cc1)C2=O. The number of allylic oxidation sites excluding steroid dienone is 1. The van der Waals surface area contributed by atoms with E-state index in [0.717, 1.165) is 36.9 Å². The van der Waals surface area contributed by atoms with Gasteiger partial charge in [-0.1, -0.05) is 43.9 Å². The Hall–Kier alpha value is -2.61. The van der Waals surface area contributed by atoms with E-state index in [0.29, 0.717) is 11.4 Å². The minimum Gasteiger partial charge on any atom is -0.351 e. The van der Waals surface area contributed by atoms with Crippen molar-refractivity contribution in [3.8, 4) is 0 Å². The van der Waals surface area contributed by atoms with Crippen LogP contribution in [-0.2, 0) is 23.6 Å². The third-order valence-corrected chi connectivity index (χ3v) is 7.67. The van der Waals surface area contributed by atoms with E-state index in [4.69, 9.17) is 0 Å². The third-order valence-electron chi connectivity index (χ3n) is 6.75. The number of nitrogens with zero attached hydrogens (tertiary/aromatic N) is 3. The molecule has 1 atom stereocenters. The van der Waals surface area contributed by atoms with Crippen LogP contribution in [0.4, 0.5) is 4.39 Å². The Bertz CT molecular complexity index is 1040. The average Bonchev–Trinajstić information content (AvgIpc) is 3.04. The largest absolute Gasteiger partial charge is 0.351 e. The molecule has 1 aliphatic heterocycles. The first-order chi connectivity index (χ1) is 16.4. The van der Waals surface area contributed by atoms with Crippen LogP contribution in [-0.4, -0.2) is 38.1 Å². The molecule has 1 aliphatic carbocycles. The molecule has 1 saturated carbocycles. The van der Waals surface area contributed by atoms with Gasteiger partial charge in [-0.25, -0.2) is 4.39 Å². The van der Waals surface area contributed by atoms with Gasteiger partial charge in [0.15, 0.2) is 0 Å². The number of rotatable bonds is 7. The summed E-state index contributed by atoms with van der Waals surface area (Å²) in [5.41, 5.74) is 0.962. The lowest BCUT2D eigenvalue weighted by Gasteiger charge is -2.44. The van der Waals surface area contributed by atoms with E-state index < -0.39 is 5.54 Å². The molecule has 2 aromatic rings. The van der Waals surface area contributed by atoms with E-state index in [2.05, 4.69) is 10.4 Å². The number of carbonyl (C=O) groups excluding carboxylic acids is 2. The Morgan fingerprint density at radius 2 is 1.94 bits per heavy atom. The van der Waals surface area contributed by atoms with Crippen LogP contribution in [0.2, 0.25) is 0 Å². The molecule has 0 spiro atoms. The zero-order valence-electron chi connectivity index (χ0n) is 19.9. The van der Waals surface area contributed by atoms with E-state index in [1.807, 2.05) is 31.4 Å². The van der Waals surface area contributed by atoms with E-state index >= 15 is 0 Å². The number of hydrogen-bond donors (Lipinski definition) is 1. The zero-order valence-corrected chi connectivity index (χ0v) is 20.7. The van der Waals surface area contributed by atoms with Crippen molar-refractivity contribution < 1.29 is 14.0 Å². The Balaban J connectivity index is 1.63. The summed E-state index contributed by atoms with van der Waals surface area (Å²) in [6.45, 7) is 4.28. The van der Waals surface area contributed by atoms with Gasteiger partial charge in [-0.15, -0.1) is 11.8 Å².